The zero-order valence-corrected chi connectivity index (χ0v) is 23.8. The molecule has 0 aromatic heterocycles. The first kappa shape index (κ1) is 27.9. The lowest BCUT2D eigenvalue weighted by Crippen LogP contribution is -2.67. The molecule has 0 aliphatic heterocycles. The maximum absolute atomic E-state index is 17.3. The van der Waals surface area contributed by atoms with Gasteiger partial charge in [-0.3, -0.25) is 9.59 Å². The van der Waals surface area contributed by atoms with Gasteiger partial charge in [0.1, 0.15) is 0 Å². The average molecular weight is 540 g/mol. The maximum Gasteiger partial charge on any atom is 0.223 e. The lowest BCUT2D eigenvalue weighted by Gasteiger charge is -2.61. The van der Waals surface area contributed by atoms with Gasteiger partial charge in [0, 0.05) is 23.8 Å². The highest BCUT2D eigenvalue weighted by atomic mass is 19.1. The van der Waals surface area contributed by atoms with E-state index in [1.54, 1.807) is 26.4 Å². The topological polar surface area (TPSA) is 84.9 Å². The van der Waals surface area contributed by atoms with Crippen molar-refractivity contribution in [1.82, 2.24) is 5.32 Å². The van der Waals surface area contributed by atoms with Crippen molar-refractivity contribution in [3.63, 3.8) is 0 Å². The van der Waals surface area contributed by atoms with Gasteiger partial charge in [-0.25, -0.2) is 4.39 Å². The average Bonchev–Trinajstić information content (AvgIpc) is 3.17. The lowest BCUT2D eigenvalue weighted by atomic mass is 9.45. The van der Waals surface area contributed by atoms with Crippen LogP contribution in [0.5, 0.6) is 11.5 Å². The molecule has 3 fully saturated rings. The van der Waals surface area contributed by atoms with Crippen LogP contribution >= 0.6 is 0 Å². The molecule has 1 aromatic rings. The van der Waals surface area contributed by atoms with E-state index in [2.05, 4.69) is 19.2 Å². The number of hydrogen-bond donors (Lipinski definition) is 2. The summed E-state index contributed by atoms with van der Waals surface area (Å²) < 4.78 is 28.0. The molecule has 0 spiro atoms. The molecule has 4 aliphatic rings. The molecule has 1 amide bonds. The normalized spacial score (nSPS) is 38.8. The van der Waals surface area contributed by atoms with Crippen molar-refractivity contribution in [1.29, 1.82) is 0 Å². The van der Waals surface area contributed by atoms with E-state index >= 15 is 4.39 Å². The number of carbonyl (C=O) groups excluding carboxylic acids is 2. The van der Waals surface area contributed by atoms with Gasteiger partial charge in [-0.2, -0.15) is 0 Å². The minimum absolute atomic E-state index is 0.00383. The molecule has 0 bridgehead atoms. The summed E-state index contributed by atoms with van der Waals surface area (Å²) in [7, 11) is 3.22. The number of aliphatic hydroxyl groups excluding tert-OH is 1. The van der Waals surface area contributed by atoms with E-state index in [0.29, 0.717) is 30.9 Å². The van der Waals surface area contributed by atoms with Crippen molar-refractivity contribution in [2.24, 2.45) is 34.5 Å². The molecule has 5 rings (SSSR count). The van der Waals surface area contributed by atoms with Crippen LogP contribution in [0.2, 0.25) is 0 Å². The fraction of sp³-hybridized carbons (Fsp3) is 0.625. The van der Waals surface area contributed by atoms with Crippen molar-refractivity contribution in [2.45, 2.75) is 71.1 Å². The third-order valence-electron chi connectivity index (χ3n) is 10.7. The van der Waals surface area contributed by atoms with E-state index in [1.807, 2.05) is 25.1 Å². The number of fused-ring (bicyclic) bond motifs is 5. The van der Waals surface area contributed by atoms with Crippen molar-refractivity contribution in [3.05, 3.63) is 47.6 Å². The molecule has 212 valence electrons. The Morgan fingerprint density at radius 1 is 1.18 bits per heavy atom. The molecule has 0 radical (unpaired) electrons. The molecule has 3 saturated carbocycles. The van der Waals surface area contributed by atoms with Crippen LogP contribution < -0.4 is 14.8 Å². The predicted molar refractivity (Wildman–Crippen MR) is 147 cm³/mol. The van der Waals surface area contributed by atoms with Crippen LogP contribution in [0.25, 0.3) is 0 Å². The molecule has 6 nitrogen and oxygen atoms in total. The Labute approximate surface area is 231 Å². The zero-order valence-electron chi connectivity index (χ0n) is 23.8. The number of halogens is 1. The number of rotatable bonds is 7. The van der Waals surface area contributed by atoms with Crippen LogP contribution in [0.1, 0.15) is 58.4 Å². The van der Waals surface area contributed by atoms with E-state index in [-0.39, 0.29) is 41.8 Å². The first-order chi connectivity index (χ1) is 18.5. The summed E-state index contributed by atoms with van der Waals surface area (Å²) in [5, 5.41) is 14.6. The Kier molecular flexibility index (Phi) is 7.19. The number of benzene rings is 1. The Hall–Kier alpha value is -2.67. The molecule has 8 unspecified atom stereocenters. The molecular formula is C32H42FNO5. The molecule has 4 aliphatic carbocycles. The molecular weight excluding hydrogens is 497 g/mol. The van der Waals surface area contributed by atoms with E-state index in [9.17, 15) is 14.7 Å². The number of allylic oxidation sites excluding steroid dienone is 4. The minimum atomic E-state index is -1.86. The molecule has 39 heavy (non-hydrogen) atoms. The Balaban J connectivity index is 1.28. The first-order valence-corrected chi connectivity index (χ1v) is 14.3. The second-order valence-corrected chi connectivity index (χ2v) is 12.6. The number of aryl methyl sites for hydroxylation is 1. The van der Waals surface area contributed by atoms with Crippen LogP contribution in [0, 0.1) is 34.5 Å². The number of amides is 1. The summed E-state index contributed by atoms with van der Waals surface area (Å²) in [5.74, 6) is 0.703. The second-order valence-electron chi connectivity index (χ2n) is 12.6. The van der Waals surface area contributed by atoms with E-state index in [4.69, 9.17) is 9.47 Å². The van der Waals surface area contributed by atoms with Crippen LogP contribution in [-0.2, 0) is 16.0 Å². The Morgan fingerprint density at radius 2 is 1.92 bits per heavy atom. The summed E-state index contributed by atoms with van der Waals surface area (Å²) >= 11 is 0. The smallest absolute Gasteiger partial charge is 0.223 e. The quantitative estimate of drug-likeness (QED) is 0.477. The fourth-order valence-electron chi connectivity index (χ4n) is 8.79. The molecule has 7 heteroatoms. The fourth-order valence-corrected chi connectivity index (χ4v) is 8.79. The Bertz CT molecular complexity index is 1210. The van der Waals surface area contributed by atoms with Gasteiger partial charge in [0.2, 0.25) is 5.91 Å². The molecule has 8 atom stereocenters. The minimum Gasteiger partial charge on any atom is -0.493 e. The van der Waals surface area contributed by atoms with Crippen molar-refractivity contribution in [2.75, 3.05) is 20.8 Å². The third-order valence-corrected chi connectivity index (χ3v) is 10.7. The summed E-state index contributed by atoms with van der Waals surface area (Å²) in [6.45, 7) is 6.56. The summed E-state index contributed by atoms with van der Waals surface area (Å²) in [4.78, 5) is 25.6. The van der Waals surface area contributed by atoms with Crippen LogP contribution in [0.4, 0.5) is 4.39 Å². The standard InChI is InChI=1S/C32H42FNO5/c1-19-15-24-23-10-9-21-17-22(35)12-13-31(21,3)32(23,33)27(36)18-30(24,2)28(19)29(37)34-14-6-7-20-8-11-25(38-4)26(16-20)39-5/h8,11-13,16-17,19,23-24,27-28,36H,6-7,9-10,14-15,18H2,1-5H3,(H,34,37). The maximum atomic E-state index is 17.3. The van der Waals surface area contributed by atoms with E-state index < -0.39 is 22.6 Å². The SMILES string of the molecule is COc1ccc(CCCNC(=O)C2C(C)CC3C4CCC5=CC(=O)C=CC5(C)C4(F)C(O)CC32C)cc1OC. The lowest BCUT2D eigenvalue weighted by molar-refractivity contribution is -0.195. The number of ether oxygens (including phenoxy) is 2. The molecule has 0 saturated heterocycles. The first-order valence-electron chi connectivity index (χ1n) is 14.3. The third kappa shape index (κ3) is 4.23. The number of nitrogens with one attached hydrogen (secondary N) is 1. The summed E-state index contributed by atoms with van der Waals surface area (Å²) in [5.41, 5.74) is -1.46. The van der Waals surface area contributed by atoms with Gasteiger partial charge in [-0.05, 0) is 92.5 Å². The van der Waals surface area contributed by atoms with Crippen LogP contribution in [-0.4, -0.2) is 49.3 Å². The number of alkyl halides is 1. The van der Waals surface area contributed by atoms with Gasteiger partial charge in [-0.1, -0.05) is 31.6 Å². The highest BCUT2D eigenvalue weighted by Gasteiger charge is 2.71. The van der Waals surface area contributed by atoms with Gasteiger partial charge >= 0.3 is 0 Å². The summed E-state index contributed by atoms with van der Waals surface area (Å²) in [6, 6.07) is 5.85. The van der Waals surface area contributed by atoms with Gasteiger partial charge in [0.05, 0.1) is 20.3 Å². The highest BCUT2D eigenvalue weighted by molar-refractivity contribution is 6.01. The van der Waals surface area contributed by atoms with Gasteiger partial charge in [0.15, 0.2) is 23.0 Å². The Morgan fingerprint density at radius 3 is 2.64 bits per heavy atom. The number of methoxy groups -OCH3 is 2. The van der Waals surface area contributed by atoms with Crippen molar-refractivity contribution in [3.8, 4) is 11.5 Å². The number of aliphatic hydroxyl groups is 1. The van der Waals surface area contributed by atoms with Crippen molar-refractivity contribution >= 4 is 11.7 Å². The number of hydrogen-bond acceptors (Lipinski definition) is 5. The van der Waals surface area contributed by atoms with Gasteiger partial charge in [0.25, 0.3) is 0 Å². The van der Waals surface area contributed by atoms with E-state index in [1.165, 1.54) is 6.08 Å². The van der Waals surface area contributed by atoms with E-state index in [0.717, 1.165) is 30.4 Å². The van der Waals surface area contributed by atoms with Crippen LogP contribution in [0.15, 0.2) is 42.0 Å². The highest BCUT2D eigenvalue weighted by Crippen LogP contribution is 2.69. The van der Waals surface area contributed by atoms with Crippen molar-refractivity contribution < 1.29 is 28.6 Å². The predicted octanol–water partition coefficient (Wildman–Crippen LogP) is 4.99. The van der Waals surface area contributed by atoms with Crippen LogP contribution in [0.3, 0.4) is 0 Å². The number of ketones is 1. The molecule has 1 aromatic carbocycles. The summed E-state index contributed by atoms with van der Waals surface area (Å²) in [6.07, 6.45) is 7.29. The molecule has 0 heterocycles. The largest absolute Gasteiger partial charge is 0.493 e. The zero-order chi connectivity index (χ0) is 28.2. The van der Waals surface area contributed by atoms with Gasteiger partial charge in [-0.15, -0.1) is 0 Å². The monoisotopic (exact) mass is 539 g/mol. The number of carbonyl (C=O) groups is 2. The molecule has 2 N–H and O–H groups in total. The van der Waals surface area contributed by atoms with Gasteiger partial charge < -0.3 is 19.9 Å². The second kappa shape index (κ2) is 10.1.